The Kier molecular flexibility index (Phi) is 11.1. The molecular weight excluding hydrogens is 529 g/mol. The van der Waals surface area contributed by atoms with Crippen LogP contribution in [0.1, 0.15) is 24.2 Å². The minimum absolute atomic E-state index is 0.0758. The number of nitrogen functional groups attached to an aromatic ring is 1. The normalized spacial score (nSPS) is 13.6. The van der Waals surface area contributed by atoms with Crippen molar-refractivity contribution in [3.8, 4) is 11.5 Å². The molecular formula is C28H33Cl2N3O5. The molecule has 0 aliphatic heterocycles. The van der Waals surface area contributed by atoms with Gasteiger partial charge in [-0.1, -0.05) is 53.5 Å². The number of ether oxygens (including phenoxy) is 2. The molecule has 8 nitrogen and oxygen atoms in total. The maximum Gasteiger partial charge on any atom is 0.255 e. The van der Waals surface area contributed by atoms with E-state index >= 15 is 0 Å². The molecule has 3 atom stereocenters. The zero-order valence-electron chi connectivity index (χ0n) is 21.1. The highest BCUT2D eigenvalue weighted by molar-refractivity contribution is 6.38. The Morgan fingerprint density at radius 1 is 0.947 bits per heavy atom. The molecule has 6 N–H and O–H groups in total. The number of hydrogen-bond acceptors (Lipinski definition) is 7. The van der Waals surface area contributed by atoms with Crippen molar-refractivity contribution in [3.63, 3.8) is 0 Å². The van der Waals surface area contributed by atoms with Gasteiger partial charge in [0, 0.05) is 19.1 Å². The third-order valence-corrected chi connectivity index (χ3v) is 6.61. The number of nitrogens with zero attached hydrogens (tertiary/aromatic N) is 1. The summed E-state index contributed by atoms with van der Waals surface area (Å²) in [5.74, 6) is 0.657. The fourth-order valence-electron chi connectivity index (χ4n) is 3.94. The molecule has 0 aliphatic carbocycles. The third kappa shape index (κ3) is 9.08. The first-order chi connectivity index (χ1) is 18.1. The van der Waals surface area contributed by atoms with Gasteiger partial charge in [-0.2, -0.15) is 0 Å². The number of rotatable bonds is 14. The molecule has 0 fully saturated rings. The van der Waals surface area contributed by atoms with Crippen LogP contribution in [0.4, 0.5) is 5.69 Å². The number of aliphatic hydroxyl groups is 2. The van der Waals surface area contributed by atoms with Crippen LogP contribution in [-0.2, 0) is 11.2 Å². The largest absolute Gasteiger partial charge is 0.491 e. The van der Waals surface area contributed by atoms with Crippen molar-refractivity contribution in [1.82, 2.24) is 4.90 Å². The highest BCUT2D eigenvalue weighted by Crippen LogP contribution is 2.32. The number of aliphatic hydroxyl groups excluding tert-OH is 2. The lowest BCUT2D eigenvalue weighted by atomic mass is 10.0. The van der Waals surface area contributed by atoms with Gasteiger partial charge in [0.25, 0.3) is 5.91 Å². The zero-order valence-corrected chi connectivity index (χ0v) is 22.6. The molecule has 204 valence electrons. The first-order valence-corrected chi connectivity index (χ1v) is 12.9. The van der Waals surface area contributed by atoms with Crippen molar-refractivity contribution >= 4 is 34.8 Å². The van der Waals surface area contributed by atoms with Crippen LogP contribution in [0.5, 0.6) is 11.5 Å². The van der Waals surface area contributed by atoms with Crippen LogP contribution in [0.25, 0.3) is 0 Å². The van der Waals surface area contributed by atoms with Crippen LogP contribution in [-0.4, -0.2) is 59.5 Å². The van der Waals surface area contributed by atoms with E-state index in [0.29, 0.717) is 23.5 Å². The fourth-order valence-corrected chi connectivity index (χ4v) is 4.44. The molecule has 0 radical (unpaired) electrons. The van der Waals surface area contributed by atoms with Gasteiger partial charge in [-0.3, -0.25) is 9.69 Å². The third-order valence-electron chi connectivity index (χ3n) is 5.98. The molecule has 0 heterocycles. The van der Waals surface area contributed by atoms with Gasteiger partial charge in [-0.25, -0.2) is 0 Å². The predicted octanol–water partition coefficient (Wildman–Crippen LogP) is 3.85. The molecule has 0 saturated heterocycles. The number of halogens is 2. The Morgan fingerprint density at radius 2 is 1.55 bits per heavy atom. The average Bonchev–Trinajstić information content (AvgIpc) is 2.90. The van der Waals surface area contributed by atoms with Gasteiger partial charge >= 0.3 is 0 Å². The van der Waals surface area contributed by atoms with Crippen molar-refractivity contribution in [2.75, 3.05) is 32.0 Å². The minimum atomic E-state index is -0.931. The zero-order chi connectivity index (χ0) is 27.7. The summed E-state index contributed by atoms with van der Waals surface area (Å²) in [6.07, 6.45) is -1.12. The number of carbonyl (C=O) groups excluding carboxylic acids is 1. The van der Waals surface area contributed by atoms with E-state index in [-0.39, 0.29) is 48.1 Å². The Balaban J connectivity index is 1.71. The molecule has 0 aromatic heterocycles. The summed E-state index contributed by atoms with van der Waals surface area (Å²) in [5.41, 5.74) is 12.8. The number of hydrogen-bond donors (Lipinski definition) is 4. The summed E-state index contributed by atoms with van der Waals surface area (Å²) < 4.78 is 11.0. The van der Waals surface area contributed by atoms with Crippen LogP contribution >= 0.6 is 23.2 Å². The van der Waals surface area contributed by atoms with Crippen molar-refractivity contribution in [3.05, 3.63) is 87.9 Å². The molecule has 0 aliphatic rings. The quantitative estimate of drug-likeness (QED) is 0.220. The van der Waals surface area contributed by atoms with E-state index < -0.39 is 18.1 Å². The smallest absolute Gasteiger partial charge is 0.255 e. The number of benzene rings is 3. The number of carbonyl (C=O) groups is 1. The number of amides is 1. The van der Waals surface area contributed by atoms with E-state index in [1.54, 1.807) is 24.3 Å². The van der Waals surface area contributed by atoms with E-state index in [9.17, 15) is 15.0 Å². The van der Waals surface area contributed by atoms with Crippen LogP contribution in [0.2, 0.25) is 10.0 Å². The number of para-hydroxylation sites is 1. The highest BCUT2D eigenvalue weighted by atomic mass is 35.5. The molecule has 3 aromatic carbocycles. The molecule has 10 heteroatoms. The molecule has 0 saturated carbocycles. The van der Waals surface area contributed by atoms with E-state index in [2.05, 4.69) is 0 Å². The van der Waals surface area contributed by atoms with Crippen molar-refractivity contribution in [2.24, 2.45) is 5.73 Å². The van der Waals surface area contributed by atoms with Gasteiger partial charge in [-0.05, 0) is 60.9 Å². The summed E-state index contributed by atoms with van der Waals surface area (Å²) in [5, 5.41) is 22.4. The first-order valence-electron chi connectivity index (χ1n) is 12.1. The molecule has 0 bridgehead atoms. The minimum Gasteiger partial charge on any atom is -0.491 e. The van der Waals surface area contributed by atoms with Crippen LogP contribution in [0.15, 0.2) is 66.7 Å². The van der Waals surface area contributed by atoms with E-state index in [0.717, 1.165) is 5.56 Å². The first kappa shape index (κ1) is 29.5. The molecule has 0 spiro atoms. The number of primary amides is 1. The van der Waals surface area contributed by atoms with Crippen LogP contribution in [0.3, 0.4) is 0 Å². The number of anilines is 1. The predicted molar refractivity (Wildman–Crippen MR) is 150 cm³/mol. The highest BCUT2D eigenvalue weighted by Gasteiger charge is 2.23. The molecule has 3 unspecified atom stereocenters. The second-order valence-corrected chi connectivity index (χ2v) is 9.91. The van der Waals surface area contributed by atoms with E-state index in [1.807, 2.05) is 54.3 Å². The van der Waals surface area contributed by atoms with Gasteiger partial charge in [-0.15, -0.1) is 0 Å². The lowest BCUT2D eigenvalue weighted by Gasteiger charge is -2.33. The SMILES string of the molecule is CC(Cc1ccc(OCC(N)=O)cc1)N(CC(O)COc1ccccc1)CC(O)c1cc(Cl)c(N)c(Cl)c1. The summed E-state index contributed by atoms with van der Waals surface area (Å²) in [7, 11) is 0. The topological polar surface area (TPSA) is 131 Å². The van der Waals surface area contributed by atoms with Crippen LogP contribution < -0.4 is 20.9 Å². The number of nitrogens with two attached hydrogens (primary N) is 2. The van der Waals surface area contributed by atoms with Gasteiger partial charge in [0.2, 0.25) is 0 Å². The summed E-state index contributed by atoms with van der Waals surface area (Å²) in [6, 6.07) is 19.7. The molecule has 3 aromatic rings. The summed E-state index contributed by atoms with van der Waals surface area (Å²) in [4.78, 5) is 12.9. The standard InChI is InChI=1S/C28H33Cl2N3O5/c1-18(11-19-7-9-23(10-8-19)38-17-27(31)36)33(14-21(34)16-37-22-5-3-2-4-6-22)15-26(35)20-12-24(29)28(32)25(30)13-20/h2-10,12-13,18,21,26,34-35H,11,14-17,32H2,1H3,(H2,31,36). The van der Waals surface area contributed by atoms with Crippen molar-refractivity contribution in [2.45, 2.75) is 31.6 Å². The van der Waals surface area contributed by atoms with Gasteiger partial charge in [0.05, 0.1) is 21.8 Å². The van der Waals surface area contributed by atoms with Crippen molar-refractivity contribution < 1.29 is 24.5 Å². The summed E-state index contributed by atoms with van der Waals surface area (Å²) in [6.45, 7) is 2.37. The maximum atomic E-state index is 11.0. The average molecular weight is 562 g/mol. The summed E-state index contributed by atoms with van der Waals surface area (Å²) >= 11 is 12.4. The Hall–Kier alpha value is -3.01. The molecule has 3 rings (SSSR count). The Bertz CT molecular complexity index is 1160. The maximum absolute atomic E-state index is 11.0. The second-order valence-electron chi connectivity index (χ2n) is 9.10. The van der Waals surface area contributed by atoms with Gasteiger partial charge < -0.3 is 31.2 Å². The lowest BCUT2D eigenvalue weighted by Crippen LogP contribution is -2.44. The van der Waals surface area contributed by atoms with Gasteiger partial charge in [0.1, 0.15) is 24.2 Å². The van der Waals surface area contributed by atoms with E-state index in [1.165, 1.54) is 0 Å². The molecule has 1 amide bonds. The van der Waals surface area contributed by atoms with E-state index in [4.69, 9.17) is 44.1 Å². The molecule has 38 heavy (non-hydrogen) atoms. The monoisotopic (exact) mass is 561 g/mol. The fraction of sp³-hybridized carbons (Fsp3) is 0.321. The Labute approximate surface area is 232 Å². The second kappa shape index (κ2) is 14.2. The Morgan fingerprint density at radius 3 is 2.16 bits per heavy atom. The van der Waals surface area contributed by atoms with Gasteiger partial charge in [0.15, 0.2) is 6.61 Å². The van der Waals surface area contributed by atoms with Crippen LogP contribution in [0, 0.1) is 0 Å². The van der Waals surface area contributed by atoms with Crippen molar-refractivity contribution in [1.29, 1.82) is 0 Å². The lowest BCUT2D eigenvalue weighted by molar-refractivity contribution is -0.119.